The number of carbonyl (C=O) groups is 2. The van der Waals surface area contributed by atoms with Crippen LogP contribution in [-0.2, 0) is 14.8 Å². The van der Waals surface area contributed by atoms with Crippen LogP contribution in [0.15, 0.2) is 83.8 Å². The van der Waals surface area contributed by atoms with E-state index in [-0.39, 0.29) is 10.7 Å². The third-order valence-electron chi connectivity index (χ3n) is 4.49. The van der Waals surface area contributed by atoms with Gasteiger partial charge >= 0.3 is 0 Å². The second-order valence-electron chi connectivity index (χ2n) is 6.85. The monoisotopic (exact) mass is 422 g/mol. The zero-order valence-electron chi connectivity index (χ0n) is 16.7. The topological polar surface area (TPSA) is 83.6 Å². The summed E-state index contributed by atoms with van der Waals surface area (Å²) in [5.74, 6) is -0.644. The molecule has 3 aromatic rings. The summed E-state index contributed by atoms with van der Waals surface area (Å²) < 4.78 is 27.6. The van der Waals surface area contributed by atoms with E-state index in [0.29, 0.717) is 16.9 Å². The van der Waals surface area contributed by atoms with Gasteiger partial charge in [0.2, 0.25) is 5.91 Å². The summed E-state index contributed by atoms with van der Waals surface area (Å²) in [5, 5.41) is 2.68. The third kappa shape index (κ3) is 4.93. The van der Waals surface area contributed by atoms with Gasteiger partial charge in [0.1, 0.15) is 6.54 Å². The van der Waals surface area contributed by atoms with Crippen LogP contribution in [0.4, 0.5) is 11.4 Å². The van der Waals surface area contributed by atoms with E-state index < -0.39 is 22.5 Å². The Bertz CT molecular complexity index is 1160. The van der Waals surface area contributed by atoms with Crippen LogP contribution in [-0.4, -0.2) is 26.7 Å². The summed E-state index contributed by atoms with van der Waals surface area (Å²) in [7, 11) is -3.96. The second kappa shape index (κ2) is 8.92. The number of hydrogen-bond acceptors (Lipinski definition) is 4. The minimum atomic E-state index is -3.96. The number of nitrogens with zero attached hydrogens (tertiary/aromatic N) is 1. The Hall–Kier alpha value is -3.45. The van der Waals surface area contributed by atoms with Crippen molar-refractivity contribution in [2.24, 2.45) is 0 Å². The van der Waals surface area contributed by atoms with Crippen LogP contribution in [0.1, 0.15) is 22.8 Å². The van der Waals surface area contributed by atoms with Gasteiger partial charge in [0.25, 0.3) is 10.0 Å². The van der Waals surface area contributed by atoms with Crippen LogP contribution in [0.2, 0.25) is 0 Å². The average molecular weight is 423 g/mol. The SMILES string of the molecule is CC(=O)c1cccc(NC(=O)CN(c2ccc(C)cc2)S(=O)(=O)c2ccccc2)c1. The average Bonchev–Trinajstić information content (AvgIpc) is 2.73. The number of amides is 1. The highest BCUT2D eigenvalue weighted by molar-refractivity contribution is 7.92. The van der Waals surface area contributed by atoms with Gasteiger partial charge in [0.05, 0.1) is 10.6 Å². The molecule has 1 N–H and O–H groups in total. The first-order chi connectivity index (χ1) is 14.3. The Kier molecular flexibility index (Phi) is 6.32. The number of benzene rings is 3. The summed E-state index contributed by atoms with van der Waals surface area (Å²) in [4.78, 5) is 24.4. The van der Waals surface area contributed by atoms with Crippen molar-refractivity contribution in [3.8, 4) is 0 Å². The normalized spacial score (nSPS) is 11.0. The summed E-state index contributed by atoms with van der Waals surface area (Å²) in [5.41, 5.74) is 2.24. The molecule has 0 saturated carbocycles. The van der Waals surface area contributed by atoms with Crippen LogP contribution in [0.25, 0.3) is 0 Å². The lowest BCUT2D eigenvalue weighted by atomic mass is 10.1. The first-order valence-corrected chi connectivity index (χ1v) is 10.8. The number of ketones is 1. The van der Waals surface area contributed by atoms with E-state index in [9.17, 15) is 18.0 Å². The highest BCUT2D eigenvalue weighted by Gasteiger charge is 2.27. The Morgan fingerprint density at radius 3 is 2.20 bits per heavy atom. The minimum Gasteiger partial charge on any atom is -0.324 e. The number of Topliss-reactive ketones (excluding diaryl/α,β-unsaturated/α-hetero) is 1. The minimum absolute atomic E-state index is 0.0944. The standard InChI is InChI=1S/C23H22N2O4S/c1-17-11-13-21(14-12-17)25(30(28,29)22-9-4-3-5-10-22)16-23(27)24-20-8-6-7-19(15-20)18(2)26/h3-15H,16H2,1-2H3,(H,24,27). The molecule has 0 atom stereocenters. The van der Waals surface area contributed by atoms with Gasteiger partial charge < -0.3 is 5.32 Å². The van der Waals surface area contributed by atoms with E-state index in [0.717, 1.165) is 9.87 Å². The molecule has 0 heterocycles. The maximum Gasteiger partial charge on any atom is 0.264 e. The van der Waals surface area contributed by atoms with Crippen LogP contribution < -0.4 is 9.62 Å². The molecule has 0 aliphatic carbocycles. The van der Waals surface area contributed by atoms with E-state index in [4.69, 9.17) is 0 Å². The predicted octanol–water partition coefficient (Wildman–Crippen LogP) is 4.03. The Morgan fingerprint density at radius 1 is 0.900 bits per heavy atom. The van der Waals surface area contributed by atoms with Crippen LogP contribution in [0.3, 0.4) is 0 Å². The summed E-state index contributed by atoms with van der Waals surface area (Å²) >= 11 is 0. The van der Waals surface area contributed by atoms with Crippen molar-refractivity contribution < 1.29 is 18.0 Å². The zero-order valence-corrected chi connectivity index (χ0v) is 17.5. The van der Waals surface area contributed by atoms with E-state index in [1.54, 1.807) is 66.7 Å². The fourth-order valence-corrected chi connectivity index (χ4v) is 4.33. The Balaban J connectivity index is 1.91. The molecule has 0 aliphatic heterocycles. The van der Waals surface area contributed by atoms with Crippen molar-refractivity contribution in [2.75, 3.05) is 16.2 Å². The molecule has 154 valence electrons. The molecule has 3 rings (SSSR count). The van der Waals surface area contributed by atoms with E-state index in [2.05, 4.69) is 5.32 Å². The van der Waals surface area contributed by atoms with Crippen LogP contribution in [0.5, 0.6) is 0 Å². The molecular formula is C23H22N2O4S. The lowest BCUT2D eigenvalue weighted by Gasteiger charge is -2.24. The number of nitrogens with one attached hydrogen (secondary N) is 1. The van der Waals surface area contributed by atoms with Gasteiger partial charge in [-0.05, 0) is 50.2 Å². The summed E-state index contributed by atoms with van der Waals surface area (Å²) in [6.07, 6.45) is 0. The van der Waals surface area contributed by atoms with Gasteiger partial charge in [0.15, 0.2) is 5.78 Å². The maximum atomic E-state index is 13.3. The molecule has 0 bridgehead atoms. The molecule has 6 nitrogen and oxygen atoms in total. The number of aryl methyl sites for hydroxylation is 1. The van der Waals surface area contributed by atoms with Crippen molar-refractivity contribution in [3.63, 3.8) is 0 Å². The highest BCUT2D eigenvalue weighted by atomic mass is 32.2. The molecule has 0 radical (unpaired) electrons. The molecule has 0 aromatic heterocycles. The van der Waals surface area contributed by atoms with Crippen molar-refractivity contribution >= 4 is 33.1 Å². The van der Waals surface area contributed by atoms with Crippen molar-refractivity contribution in [1.29, 1.82) is 0 Å². The lowest BCUT2D eigenvalue weighted by molar-refractivity contribution is -0.114. The second-order valence-corrected chi connectivity index (χ2v) is 8.71. The number of rotatable bonds is 7. The Labute approximate surface area is 176 Å². The maximum absolute atomic E-state index is 13.3. The third-order valence-corrected chi connectivity index (χ3v) is 6.28. The predicted molar refractivity (Wildman–Crippen MR) is 117 cm³/mol. The van der Waals surface area contributed by atoms with E-state index in [1.807, 2.05) is 6.92 Å². The molecule has 0 saturated heterocycles. The molecule has 30 heavy (non-hydrogen) atoms. The van der Waals surface area contributed by atoms with Gasteiger partial charge in [0, 0.05) is 11.3 Å². The fourth-order valence-electron chi connectivity index (χ4n) is 2.89. The van der Waals surface area contributed by atoms with E-state index in [1.165, 1.54) is 19.1 Å². The van der Waals surface area contributed by atoms with Gasteiger partial charge in [-0.1, -0.05) is 48.0 Å². The number of anilines is 2. The lowest BCUT2D eigenvalue weighted by Crippen LogP contribution is -2.38. The Morgan fingerprint density at radius 2 is 1.57 bits per heavy atom. The van der Waals surface area contributed by atoms with Gasteiger partial charge in [-0.15, -0.1) is 0 Å². The van der Waals surface area contributed by atoms with E-state index >= 15 is 0 Å². The molecule has 0 aliphatic rings. The first kappa shape index (κ1) is 21.3. The summed E-state index contributed by atoms with van der Waals surface area (Å²) in [6, 6.07) is 21.4. The number of hydrogen-bond donors (Lipinski definition) is 1. The smallest absolute Gasteiger partial charge is 0.264 e. The highest BCUT2D eigenvalue weighted by Crippen LogP contribution is 2.24. The molecule has 7 heteroatoms. The molecular weight excluding hydrogens is 400 g/mol. The fraction of sp³-hybridized carbons (Fsp3) is 0.130. The summed E-state index contributed by atoms with van der Waals surface area (Å²) in [6.45, 7) is 2.92. The van der Waals surface area contributed by atoms with Crippen LogP contribution >= 0.6 is 0 Å². The van der Waals surface area contributed by atoms with Crippen molar-refractivity contribution in [3.05, 3.63) is 90.0 Å². The quantitative estimate of drug-likeness (QED) is 0.583. The van der Waals surface area contributed by atoms with Crippen molar-refractivity contribution in [2.45, 2.75) is 18.7 Å². The van der Waals surface area contributed by atoms with Gasteiger partial charge in [-0.25, -0.2) is 8.42 Å². The molecule has 1 amide bonds. The number of carbonyl (C=O) groups excluding carboxylic acids is 2. The van der Waals surface area contributed by atoms with Gasteiger partial charge in [-0.3, -0.25) is 13.9 Å². The largest absolute Gasteiger partial charge is 0.324 e. The molecule has 0 spiro atoms. The first-order valence-electron chi connectivity index (χ1n) is 9.33. The van der Waals surface area contributed by atoms with Gasteiger partial charge in [-0.2, -0.15) is 0 Å². The van der Waals surface area contributed by atoms with Crippen LogP contribution in [0, 0.1) is 6.92 Å². The molecule has 3 aromatic carbocycles. The molecule has 0 fully saturated rings. The number of sulfonamides is 1. The van der Waals surface area contributed by atoms with Crippen molar-refractivity contribution in [1.82, 2.24) is 0 Å². The molecule has 0 unspecified atom stereocenters. The zero-order chi connectivity index (χ0) is 21.7.